The summed E-state index contributed by atoms with van der Waals surface area (Å²) in [7, 11) is 0. The van der Waals surface area contributed by atoms with Crippen molar-refractivity contribution in [1.29, 1.82) is 0 Å². The number of nitrogens with one attached hydrogen (secondary N) is 1. The molecular weight excluding hydrogens is 253 g/mol. The van der Waals surface area contributed by atoms with Crippen LogP contribution < -0.4 is 5.32 Å². The lowest BCUT2D eigenvalue weighted by Crippen LogP contribution is -1.97. The van der Waals surface area contributed by atoms with Gasteiger partial charge in [-0.2, -0.15) is 0 Å². The van der Waals surface area contributed by atoms with Crippen molar-refractivity contribution in [3.8, 4) is 11.3 Å². The molecule has 0 saturated heterocycles. The number of benzene rings is 2. The quantitative estimate of drug-likeness (QED) is 0.741. The molecule has 0 atom stereocenters. The number of anilines is 1. The minimum absolute atomic E-state index is 0.274. The van der Waals surface area contributed by atoms with Gasteiger partial charge >= 0.3 is 0 Å². The van der Waals surface area contributed by atoms with Gasteiger partial charge < -0.3 is 9.73 Å². The minimum Gasteiger partial charge on any atom is -0.459 e. The van der Waals surface area contributed by atoms with Gasteiger partial charge in [-0.05, 0) is 36.4 Å². The lowest BCUT2D eigenvalue weighted by Gasteiger charge is -2.03. The molecule has 0 fully saturated rings. The van der Waals surface area contributed by atoms with Gasteiger partial charge in [0, 0.05) is 5.69 Å². The van der Waals surface area contributed by atoms with Crippen LogP contribution in [0.4, 0.5) is 10.1 Å². The maximum Gasteiger partial charge on any atom is 0.137 e. The highest BCUT2D eigenvalue weighted by Crippen LogP contribution is 2.25. The monoisotopic (exact) mass is 267 g/mol. The summed E-state index contributed by atoms with van der Waals surface area (Å²) in [5.41, 5.74) is 1.51. The Morgan fingerprint density at radius 3 is 2.40 bits per heavy atom. The lowest BCUT2D eigenvalue weighted by atomic mass is 10.1. The first-order valence-corrected chi connectivity index (χ1v) is 6.45. The molecule has 0 amide bonds. The second-order valence-electron chi connectivity index (χ2n) is 4.47. The molecule has 3 heteroatoms. The van der Waals surface area contributed by atoms with Gasteiger partial charge in [-0.3, -0.25) is 0 Å². The highest BCUT2D eigenvalue weighted by Gasteiger charge is 2.08. The summed E-state index contributed by atoms with van der Waals surface area (Å²) in [6.45, 7) is 0.568. The van der Waals surface area contributed by atoms with Crippen LogP contribution in [0.15, 0.2) is 71.1 Å². The zero-order valence-corrected chi connectivity index (χ0v) is 10.8. The Hall–Kier alpha value is -2.55. The van der Waals surface area contributed by atoms with Crippen molar-refractivity contribution in [1.82, 2.24) is 0 Å². The van der Waals surface area contributed by atoms with Gasteiger partial charge in [-0.1, -0.05) is 30.3 Å². The van der Waals surface area contributed by atoms with Crippen LogP contribution in [0.5, 0.6) is 0 Å². The highest BCUT2D eigenvalue weighted by atomic mass is 19.1. The summed E-state index contributed by atoms with van der Waals surface area (Å²) in [5.74, 6) is 1.05. The molecule has 0 aliphatic rings. The maximum absolute atomic E-state index is 13.7. The van der Waals surface area contributed by atoms with Crippen LogP contribution in [0.1, 0.15) is 5.76 Å². The summed E-state index contributed by atoms with van der Waals surface area (Å²) in [6, 6.07) is 20.1. The van der Waals surface area contributed by atoms with Crippen molar-refractivity contribution in [2.24, 2.45) is 0 Å². The summed E-state index contributed by atoms with van der Waals surface area (Å²) in [6.07, 6.45) is 0. The Bertz CT molecular complexity index is 691. The summed E-state index contributed by atoms with van der Waals surface area (Å²) in [4.78, 5) is 0. The van der Waals surface area contributed by atoms with E-state index in [1.807, 2.05) is 36.4 Å². The van der Waals surface area contributed by atoms with Gasteiger partial charge in [0.05, 0.1) is 12.1 Å². The molecule has 1 N–H and O–H groups in total. The summed E-state index contributed by atoms with van der Waals surface area (Å²) < 4.78 is 19.3. The van der Waals surface area contributed by atoms with Crippen LogP contribution in [0.2, 0.25) is 0 Å². The number of para-hydroxylation sites is 1. The molecule has 100 valence electrons. The smallest absolute Gasteiger partial charge is 0.137 e. The van der Waals surface area contributed by atoms with Gasteiger partial charge in [0.15, 0.2) is 0 Å². The summed E-state index contributed by atoms with van der Waals surface area (Å²) in [5, 5.41) is 3.25. The molecule has 0 radical (unpaired) electrons. The Labute approximate surface area is 116 Å². The average Bonchev–Trinajstić information content (AvgIpc) is 2.95. The van der Waals surface area contributed by atoms with Gasteiger partial charge in [-0.25, -0.2) is 4.39 Å². The first-order chi connectivity index (χ1) is 9.83. The second-order valence-corrected chi connectivity index (χ2v) is 4.47. The largest absolute Gasteiger partial charge is 0.459 e. The fourth-order valence-electron chi connectivity index (χ4n) is 2.02. The third-order valence-electron chi connectivity index (χ3n) is 3.04. The fraction of sp³-hybridized carbons (Fsp3) is 0.0588. The molecule has 2 aromatic carbocycles. The molecule has 2 nitrogen and oxygen atoms in total. The van der Waals surface area contributed by atoms with Crippen LogP contribution >= 0.6 is 0 Å². The third-order valence-corrected chi connectivity index (χ3v) is 3.04. The van der Waals surface area contributed by atoms with E-state index in [1.165, 1.54) is 6.07 Å². The van der Waals surface area contributed by atoms with E-state index in [2.05, 4.69) is 5.32 Å². The number of hydrogen-bond donors (Lipinski definition) is 1. The van der Waals surface area contributed by atoms with Crippen LogP contribution in [0.25, 0.3) is 11.3 Å². The zero-order chi connectivity index (χ0) is 13.8. The topological polar surface area (TPSA) is 25.2 Å². The van der Waals surface area contributed by atoms with E-state index >= 15 is 0 Å². The molecule has 0 spiro atoms. The number of furan rings is 1. The number of halogens is 1. The zero-order valence-electron chi connectivity index (χ0n) is 10.8. The van der Waals surface area contributed by atoms with Crippen LogP contribution in [-0.2, 0) is 6.54 Å². The van der Waals surface area contributed by atoms with E-state index in [-0.39, 0.29) is 5.82 Å². The molecule has 20 heavy (non-hydrogen) atoms. The Balaban J connectivity index is 1.73. The standard InChI is InChI=1S/C17H14FNO/c18-16-9-5-4-8-15(16)17-11-10-14(20-17)12-19-13-6-2-1-3-7-13/h1-11,19H,12H2. The first-order valence-electron chi connectivity index (χ1n) is 6.45. The molecule has 0 saturated carbocycles. The van der Waals surface area contributed by atoms with Gasteiger partial charge in [0.25, 0.3) is 0 Å². The minimum atomic E-state index is -0.274. The summed E-state index contributed by atoms with van der Waals surface area (Å²) >= 11 is 0. The van der Waals surface area contributed by atoms with Crippen molar-refractivity contribution in [2.75, 3.05) is 5.32 Å². The van der Waals surface area contributed by atoms with E-state index in [0.717, 1.165) is 11.4 Å². The Kier molecular flexibility index (Phi) is 3.50. The van der Waals surface area contributed by atoms with Crippen molar-refractivity contribution >= 4 is 5.69 Å². The van der Waals surface area contributed by atoms with Crippen molar-refractivity contribution in [2.45, 2.75) is 6.54 Å². The van der Waals surface area contributed by atoms with E-state index in [0.29, 0.717) is 17.9 Å². The molecular formula is C17H14FNO. The first kappa shape index (κ1) is 12.5. The lowest BCUT2D eigenvalue weighted by molar-refractivity contribution is 0.525. The molecule has 0 bridgehead atoms. The third kappa shape index (κ3) is 2.72. The highest BCUT2D eigenvalue weighted by molar-refractivity contribution is 5.58. The van der Waals surface area contributed by atoms with E-state index in [1.54, 1.807) is 24.3 Å². The molecule has 1 aromatic heterocycles. The Morgan fingerprint density at radius 2 is 1.60 bits per heavy atom. The van der Waals surface area contributed by atoms with Crippen LogP contribution in [0.3, 0.4) is 0 Å². The molecule has 0 aliphatic carbocycles. The van der Waals surface area contributed by atoms with E-state index < -0.39 is 0 Å². The molecule has 0 unspecified atom stereocenters. The predicted octanol–water partition coefficient (Wildman–Crippen LogP) is 4.70. The molecule has 3 rings (SSSR count). The maximum atomic E-state index is 13.7. The van der Waals surface area contributed by atoms with Crippen molar-refractivity contribution < 1.29 is 8.81 Å². The number of rotatable bonds is 4. The van der Waals surface area contributed by atoms with Crippen LogP contribution in [0, 0.1) is 5.82 Å². The second kappa shape index (κ2) is 5.61. The van der Waals surface area contributed by atoms with Gasteiger partial charge in [0.2, 0.25) is 0 Å². The molecule has 3 aromatic rings. The van der Waals surface area contributed by atoms with Crippen LogP contribution in [-0.4, -0.2) is 0 Å². The fourth-order valence-corrected chi connectivity index (χ4v) is 2.02. The molecule has 0 aliphatic heterocycles. The van der Waals surface area contributed by atoms with Crippen molar-refractivity contribution in [3.05, 3.63) is 78.3 Å². The van der Waals surface area contributed by atoms with Crippen molar-refractivity contribution in [3.63, 3.8) is 0 Å². The SMILES string of the molecule is Fc1ccccc1-c1ccc(CNc2ccccc2)o1. The Morgan fingerprint density at radius 1 is 0.850 bits per heavy atom. The predicted molar refractivity (Wildman–Crippen MR) is 77.9 cm³/mol. The van der Waals surface area contributed by atoms with E-state index in [9.17, 15) is 4.39 Å². The number of hydrogen-bond acceptors (Lipinski definition) is 2. The average molecular weight is 267 g/mol. The van der Waals surface area contributed by atoms with E-state index in [4.69, 9.17) is 4.42 Å². The van der Waals surface area contributed by atoms with Gasteiger partial charge in [0.1, 0.15) is 17.3 Å². The normalized spacial score (nSPS) is 10.4. The molecule has 1 heterocycles. The van der Waals surface area contributed by atoms with Gasteiger partial charge in [-0.15, -0.1) is 0 Å².